The van der Waals surface area contributed by atoms with Gasteiger partial charge in [0.2, 0.25) is 5.91 Å². The van der Waals surface area contributed by atoms with Crippen molar-refractivity contribution < 1.29 is 37.3 Å². The van der Waals surface area contributed by atoms with Gasteiger partial charge in [0.05, 0.1) is 33.8 Å². The molecule has 9 nitrogen and oxygen atoms in total. The second-order valence-corrected chi connectivity index (χ2v) is 22.9. The monoisotopic (exact) mass is 1020 g/mol. The van der Waals surface area contributed by atoms with Crippen molar-refractivity contribution in [2.45, 2.75) is 290 Å². The van der Waals surface area contributed by atoms with Crippen LogP contribution in [0.3, 0.4) is 0 Å². The number of amides is 1. The zero-order chi connectivity index (χ0) is 52.2. The van der Waals surface area contributed by atoms with Crippen LogP contribution >= 0.6 is 7.82 Å². The minimum atomic E-state index is -4.70. The molecule has 1 N–H and O–H groups in total. The fourth-order valence-electron chi connectivity index (χ4n) is 8.57. The topological polar surface area (TPSA) is 114 Å². The third-order valence-corrected chi connectivity index (χ3v) is 14.2. The van der Waals surface area contributed by atoms with Crippen LogP contribution < -0.4 is 10.2 Å². The van der Waals surface area contributed by atoms with Gasteiger partial charge in [0, 0.05) is 12.8 Å². The standard InChI is InChI=1S/C61H115N2O7P/c1-7-10-13-16-19-22-25-27-29-30-31-32-34-36-39-42-45-48-51-54-61(65)70-59(52-49-46-43-40-37-24-21-18-15-12-9-3)58(57-69-71(66,67)68-56-55-63(4,5)6)62-60(64)53-50-47-44-41-38-35-33-28-26-23-20-17-14-11-8-2/h20,23,26-29,49,52,58-59H,7-19,21-22,24-25,30-48,50-51,53-57H2,1-6H3,(H-,62,64,66,67)/b23-20+,28-26+,29-27+,52-49+. The zero-order valence-electron chi connectivity index (χ0n) is 47.4. The molecular formula is C61H115N2O7P. The first-order valence-electron chi connectivity index (χ1n) is 30.0. The van der Waals surface area contributed by atoms with Gasteiger partial charge < -0.3 is 28.5 Å². The number of esters is 1. The highest BCUT2D eigenvalue weighted by Gasteiger charge is 2.27. The third kappa shape index (κ3) is 52.6. The predicted molar refractivity (Wildman–Crippen MR) is 302 cm³/mol. The number of carbonyl (C=O) groups excluding carboxylic acids is 2. The number of rotatable bonds is 54. The Kier molecular flexibility index (Phi) is 50.0. The summed E-state index contributed by atoms with van der Waals surface area (Å²) in [6.07, 6.45) is 62.1. The first-order valence-corrected chi connectivity index (χ1v) is 31.4. The summed E-state index contributed by atoms with van der Waals surface area (Å²) >= 11 is 0. The van der Waals surface area contributed by atoms with Crippen molar-refractivity contribution in [3.8, 4) is 0 Å². The maximum absolute atomic E-state index is 13.5. The lowest BCUT2D eigenvalue weighted by atomic mass is 10.0. The highest BCUT2D eigenvalue weighted by Crippen LogP contribution is 2.38. The molecule has 0 saturated heterocycles. The Bertz CT molecular complexity index is 1360. The van der Waals surface area contributed by atoms with E-state index in [1.54, 1.807) is 0 Å². The summed E-state index contributed by atoms with van der Waals surface area (Å²) in [4.78, 5) is 39.9. The quantitative estimate of drug-likeness (QED) is 0.0161. The largest absolute Gasteiger partial charge is 0.756 e. The van der Waals surface area contributed by atoms with E-state index in [4.69, 9.17) is 13.8 Å². The van der Waals surface area contributed by atoms with Gasteiger partial charge in [-0.3, -0.25) is 14.2 Å². The number of nitrogens with one attached hydrogen (secondary N) is 1. The number of hydrogen-bond donors (Lipinski definition) is 1. The van der Waals surface area contributed by atoms with E-state index in [2.05, 4.69) is 62.5 Å². The number of ether oxygens (including phenoxy) is 1. The van der Waals surface area contributed by atoms with Gasteiger partial charge in [0.25, 0.3) is 7.82 Å². The number of quaternary nitrogens is 1. The number of hydrogen-bond acceptors (Lipinski definition) is 7. The smallest absolute Gasteiger partial charge is 0.306 e. The second kappa shape index (κ2) is 51.5. The molecular weight excluding hydrogens is 904 g/mol. The number of nitrogens with zero attached hydrogens (tertiary/aromatic N) is 1. The summed E-state index contributed by atoms with van der Waals surface area (Å²) < 4.78 is 30.2. The van der Waals surface area contributed by atoms with Crippen molar-refractivity contribution in [3.05, 3.63) is 48.6 Å². The molecule has 0 aliphatic carbocycles. The molecule has 1 amide bonds. The van der Waals surface area contributed by atoms with Gasteiger partial charge in [0.1, 0.15) is 19.3 Å². The van der Waals surface area contributed by atoms with E-state index in [9.17, 15) is 19.0 Å². The van der Waals surface area contributed by atoms with Crippen LogP contribution in [0.1, 0.15) is 278 Å². The van der Waals surface area contributed by atoms with Crippen molar-refractivity contribution in [1.82, 2.24) is 5.32 Å². The molecule has 0 heterocycles. The summed E-state index contributed by atoms with van der Waals surface area (Å²) in [7, 11) is 1.18. The Morgan fingerprint density at radius 2 is 0.859 bits per heavy atom. The maximum Gasteiger partial charge on any atom is 0.306 e. The van der Waals surface area contributed by atoms with Crippen molar-refractivity contribution >= 4 is 19.7 Å². The molecule has 3 unspecified atom stereocenters. The molecule has 10 heteroatoms. The Labute approximate surface area is 439 Å². The summed E-state index contributed by atoms with van der Waals surface area (Å²) in [5, 5.41) is 3.02. The number of likely N-dealkylation sites (N-methyl/N-ethyl adjacent to an activating group) is 1. The van der Waals surface area contributed by atoms with E-state index in [1.165, 1.54) is 161 Å². The van der Waals surface area contributed by atoms with Gasteiger partial charge in [-0.2, -0.15) is 0 Å². The van der Waals surface area contributed by atoms with Crippen LogP contribution in [0.2, 0.25) is 0 Å². The molecule has 0 rings (SSSR count). The fraction of sp³-hybridized carbons (Fsp3) is 0.836. The molecule has 0 aromatic carbocycles. The Morgan fingerprint density at radius 3 is 1.31 bits per heavy atom. The van der Waals surface area contributed by atoms with Crippen LogP contribution in [-0.2, 0) is 27.9 Å². The molecule has 0 aromatic rings. The van der Waals surface area contributed by atoms with Gasteiger partial charge >= 0.3 is 5.97 Å². The predicted octanol–water partition coefficient (Wildman–Crippen LogP) is 17.5. The lowest BCUT2D eigenvalue weighted by molar-refractivity contribution is -0.870. The molecule has 0 aromatic heterocycles. The van der Waals surface area contributed by atoms with Crippen LogP contribution in [0.5, 0.6) is 0 Å². The molecule has 71 heavy (non-hydrogen) atoms. The minimum absolute atomic E-state index is 0.0249. The minimum Gasteiger partial charge on any atom is -0.756 e. The zero-order valence-corrected chi connectivity index (χ0v) is 48.3. The van der Waals surface area contributed by atoms with Crippen molar-refractivity contribution in [3.63, 3.8) is 0 Å². The van der Waals surface area contributed by atoms with Gasteiger partial charge in [-0.25, -0.2) is 0 Å². The summed E-state index contributed by atoms with van der Waals surface area (Å²) in [5.41, 5.74) is 0. The number of carbonyl (C=O) groups is 2. The van der Waals surface area contributed by atoms with Crippen LogP contribution in [0.25, 0.3) is 0 Å². The molecule has 0 fully saturated rings. The molecule has 0 aliphatic heterocycles. The van der Waals surface area contributed by atoms with Crippen LogP contribution in [0, 0.1) is 0 Å². The maximum atomic E-state index is 13.5. The van der Waals surface area contributed by atoms with Gasteiger partial charge in [0.15, 0.2) is 0 Å². The molecule has 416 valence electrons. The first-order chi connectivity index (χ1) is 34.4. The van der Waals surface area contributed by atoms with Gasteiger partial charge in [-0.15, -0.1) is 0 Å². The molecule has 0 radical (unpaired) electrons. The van der Waals surface area contributed by atoms with Crippen molar-refractivity contribution in [1.29, 1.82) is 0 Å². The normalized spacial score (nSPS) is 14.1. The molecule has 0 bridgehead atoms. The number of unbranched alkanes of at least 4 members (excludes halogenated alkanes) is 33. The summed E-state index contributed by atoms with van der Waals surface area (Å²) in [6.45, 7) is 6.80. The number of phosphoric ester groups is 1. The Balaban J connectivity index is 5.26. The van der Waals surface area contributed by atoms with Crippen molar-refractivity contribution in [2.75, 3.05) is 40.9 Å². The fourth-order valence-corrected chi connectivity index (χ4v) is 9.29. The second-order valence-electron chi connectivity index (χ2n) is 21.5. The molecule has 3 atom stereocenters. The average Bonchev–Trinajstić information content (AvgIpc) is 3.33. The van der Waals surface area contributed by atoms with E-state index in [1.807, 2.05) is 33.3 Å². The highest BCUT2D eigenvalue weighted by molar-refractivity contribution is 7.45. The first kappa shape index (κ1) is 69.0. The average molecular weight is 1020 g/mol. The third-order valence-electron chi connectivity index (χ3n) is 13.3. The molecule has 0 saturated carbocycles. The Morgan fingerprint density at radius 1 is 0.493 bits per heavy atom. The van der Waals surface area contributed by atoms with E-state index in [0.29, 0.717) is 17.4 Å². The van der Waals surface area contributed by atoms with Crippen LogP contribution in [0.4, 0.5) is 0 Å². The van der Waals surface area contributed by atoms with Crippen LogP contribution in [0.15, 0.2) is 48.6 Å². The van der Waals surface area contributed by atoms with Gasteiger partial charge in [-0.1, -0.05) is 230 Å². The highest BCUT2D eigenvalue weighted by atomic mass is 31.2. The molecule has 0 aliphatic rings. The summed E-state index contributed by atoms with van der Waals surface area (Å²) in [6, 6.07) is -0.893. The molecule has 0 spiro atoms. The van der Waals surface area contributed by atoms with E-state index < -0.39 is 26.6 Å². The number of phosphoric acid groups is 1. The summed E-state index contributed by atoms with van der Waals surface area (Å²) in [5.74, 6) is -0.552. The van der Waals surface area contributed by atoms with E-state index in [-0.39, 0.29) is 24.9 Å². The Hall–Kier alpha value is -2.03. The van der Waals surface area contributed by atoms with Crippen molar-refractivity contribution in [2.24, 2.45) is 0 Å². The van der Waals surface area contributed by atoms with Gasteiger partial charge in [-0.05, 0) is 83.1 Å². The number of allylic oxidation sites excluding steroid dienone is 7. The van der Waals surface area contributed by atoms with E-state index >= 15 is 0 Å². The lowest BCUT2D eigenvalue weighted by Crippen LogP contribution is -2.47. The van der Waals surface area contributed by atoms with E-state index in [0.717, 1.165) is 83.5 Å². The SMILES string of the molecule is CCCCC/C=C/C=C/CCCCCCCCC(=O)NC(COP(=O)([O-])OCC[N+](C)(C)C)C(/C=C/CCCCCCCCCCC)OC(=O)CCCCCCCCCCC/C=C/CCCCCCCC. The lowest BCUT2D eigenvalue weighted by Gasteiger charge is -2.30. The van der Waals surface area contributed by atoms with Crippen LogP contribution in [-0.4, -0.2) is 69.4 Å².